The molecule has 1 aromatic heterocycles. The van der Waals surface area contributed by atoms with Crippen molar-refractivity contribution in [1.82, 2.24) is 4.98 Å². The average Bonchev–Trinajstić information content (AvgIpc) is 2.32. The maximum atomic E-state index is 8.89. The predicted octanol–water partition coefficient (Wildman–Crippen LogP) is 2.94. The van der Waals surface area contributed by atoms with Gasteiger partial charge in [0, 0.05) is 17.4 Å². The highest BCUT2D eigenvalue weighted by Crippen LogP contribution is 2.25. The number of nitrogen functional groups attached to an aromatic ring is 1. The molecule has 0 amide bonds. The molecule has 0 unspecified atom stereocenters. The summed E-state index contributed by atoms with van der Waals surface area (Å²) >= 11 is 0. The molecule has 0 saturated carbocycles. The molecule has 4 nitrogen and oxygen atoms in total. The molecule has 18 heavy (non-hydrogen) atoms. The van der Waals surface area contributed by atoms with Crippen molar-refractivity contribution in [2.24, 2.45) is 0 Å². The Labute approximate surface area is 106 Å². The summed E-state index contributed by atoms with van der Waals surface area (Å²) in [5.74, 6) is 1.10. The number of nitriles is 1. The van der Waals surface area contributed by atoms with Gasteiger partial charge >= 0.3 is 0 Å². The van der Waals surface area contributed by atoms with Gasteiger partial charge in [-0.1, -0.05) is 0 Å². The van der Waals surface area contributed by atoms with Crippen LogP contribution in [-0.2, 0) is 0 Å². The summed E-state index contributed by atoms with van der Waals surface area (Å²) < 4.78 is 5.67. The van der Waals surface area contributed by atoms with Gasteiger partial charge in [-0.2, -0.15) is 5.26 Å². The molecule has 4 heteroatoms. The molecule has 2 rings (SSSR count). The van der Waals surface area contributed by atoms with Crippen LogP contribution < -0.4 is 10.5 Å². The normalized spacial score (nSPS) is 9.83. The Hall–Kier alpha value is -2.54. The van der Waals surface area contributed by atoms with Crippen LogP contribution in [0.15, 0.2) is 30.3 Å². The Balaban J connectivity index is 2.34. The Morgan fingerprint density at radius 2 is 2.00 bits per heavy atom. The van der Waals surface area contributed by atoms with E-state index in [2.05, 4.69) is 11.1 Å². The molecular formula is C14H13N3O. The van der Waals surface area contributed by atoms with Gasteiger partial charge in [0.2, 0.25) is 5.88 Å². The number of hydrogen-bond acceptors (Lipinski definition) is 4. The molecule has 0 fully saturated rings. The zero-order valence-electron chi connectivity index (χ0n) is 10.3. The van der Waals surface area contributed by atoms with Crippen LogP contribution in [0.3, 0.4) is 0 Å². The van der Waals surface area contributed by atoms with Gasteiger partial charge in [0.05, 0.1) is 11.6 Å². The molecule has 0 aliphatic carbocycles. The van der Waals surface area contributed by atoms with Crippen LogP contribution in [0.2, 0.25) is 0 Å². The third kappa shape index (κ3) is 2.58. The molecule has 0 radical (unpaired) electrons. The van der Waals surface area contributed by atoms with Crippen LogP contribution in [-0.4, -0.2) is 4.98 Å². The summed E-state index contributed by atoms with van der Waals surface area (Å²) in [4.78, 5) is 4.24. The van der Waals surface area contributed by atoms with E-state index in [1.54, 1.807) is 24.3 Å². The number of aryl methyl sites for hydroxylation is 2. The lowest BCUT2D eigenvalue weighted by Crippen LogP contribution is -1.94. The highest BCUT2D eigenvalue weighted by Gasteiger charge is 2.05. The standard InChI is InChI=1S/C14H13N3O/c1-9-5-12(16)3-4-13(9)18-14-7-11(8-15)6-10(2)17-14/h3-7H,16H2,1-2H3. The first-order valence-corrected chi connectivity index (χ1v) is 5.51. The number of hydrogen-bond donors (Lipinski definition) is 1. The van der Waals surface area contributed by atoms with Gasteiger partial charge in [0.15, 0.2) is 0 Å². The minimum Gasteiger partial charge on any atom is -0.439 e. The second-order valence-corrected chi connectivity index (χ2v) is 4.07. The van der Waals surface area contributed by atoms with Crippen molar-refractivity contribution < 1.29 is 4.74 Å². The highest BCUT2D eigenvalue weighted by molar-refractivity contribution is 5.48. The number of anilines is 1. The van der Waals surface area contributed by atoms with E-state index < -0.39 is 0 Å². The molecular weight excluding hydrogens is 226 g/mol. The second-order valence-electron chi connectivity index (χ2n) is 4.07. The van der Waals surface area contributed by atoms with Crippen LogP contribution in [0.25, 0.3) is 0 Å². The van der Waals surface area contributed by atoms with Gasteiger partial charge in [0.1, 0.15) is 5.75 Å². The SMILES string of the molecule is Cc1cc(C#N)cc(Oc2ccc(N)cc2C)n1. The fraction of sp³-hybridized carbons (Fsp3) is 0.143. The fourth-order valence-electron chi connectivity index (χ4n) is 1.65. The molecule has 1 aromatic carbocycles. The van der Waals surface area contributed by atoms with Crippen molar-refractivity contribution >= 4 is 5.69 Å². The summed E-state index contributed by atoms with van der Waals surface area (Å²) in [6.07, 6.45) is 0. The first-order chi connectivity index (χ1) is 8.58. The third-order valence-corrected chi connectivity index (χ3v) is 2.47. The summed E-state index contributed by atoms with van der Waals surface area (Å²) in [5.41, 5.74) is 8.57. The van der Waals surface area contributed by atoms with Crippen LogP contribution in [0.4, 0.5) is 5.69 Å². The molecule has 1 heterocycles. The van der Waals surface area contributed by atoms with Crippen LogP contribution in [0, 0.1) is 25.2 Å². The summed E-state index contributed by atoms with van der Waals surface area (Å²) in [6, 6.07) is 10.8. The maximum absolute atomic E-state index is 8.89. The van der Waals surface area contributed by atoms with Crippen molar-refractivity contribution in [3.8, 4) is 17.7 Å². The van der Waals surface area contributed by atoms with E-state index in [0.29, 0.717) is 22.9 Å². The van der Waals surface area contributed by atoms with Gasteiger partial charge in [0.25, 0.3) is 0 Å². The Morgan fingerprint density at radius 3 is 2.67 bits per heavy atom. The van der Waals surface area contributed by atoms with Crippen LogP contribution in [0.1, 0.15) is 16.8 Å². The van der Waals surface area contributed by atoms with Crippen molar-refractivity contribution in [3.63, 3.8) is 0 Å². The third-order valence-electron chi connectivity index (χ3n) is 2.47. The lowest BCUT2D eigenvalue weighted by molar-refractivity contribution is 0.458. The van der Waals surface area contributed by atoms with Crippen LogP contribution in [0.5, 0.6) is 11.6 Å². The van der Waals surface area contributed by atoms with Crippen LogP contribution >= 0.6 is 0 Å². The first-order valence-electron chi connectivity index (χ1n) is 5.51. The Morgan fingerprint density at radius 1 is 1.22 bits per heavy atom. The predicted molar refractivity (Wildman–Crippen MR) is 69.4 cm³/mol. The summed E-state index contributed by atoms with van der Waals surface area (Å²) in [6.45, 7) is 3.73. The zero-order valence-corrected chi connectivity index (χ0v) is 10.3. The minimum atomic E-state index is 0.416. The number of rotatable bonds is 2. The largest absolute Gasteiger partial charge is 0.439 e. The number of pyridine rings is 1. The number of ether oxygens (including phenoxy) is 1. The van der Waals surface area contributed by atoms with Crippen molar-refractivity contribution in [2.45, 2.75) is 13.8 Å². The number of benzene rings is 1. The molecule has 0 aliphatic heterocycles. The highest BCUT2D eigenvalue weighted by atomic mass is 16.5. The smallest absolute Gasteiger partial charge is 0.220 e. The zero-order chi connectivity index (χ0) is 13.1. The molecule has 0 bridgehead atoms. The number of nitrogens with zero attached hydrogens (tertiary/aromatic N) is 2. The van der Waals surface area contributed by atoms with E-state index in [9.17, 15) is 0 Å². The lowest BCUT2D eigenvalue weighted by atomic mass is 10.2. The average molecular weight is 239 g/mol. The topological polar surface area (TPSA) is 71.9 Å². The van der Waals surface area contributed by atoms with Gasteiger partial charge in [-0.3, -0.25) is 0 Å². The molecule has 0 saturated heterocycles. The summed E-state index contributed by atoms with van der Waals surface area (Å²) in [5, 5.41) is 8.89. The summed E-state index contributed by atoms with van der Waals surface area (Å²) in [7, 11) is 0. The number of nitrogens with two attached hydrogens (primary N) is 1. The minimum absolute atomic E-state index is 0.416. The van der Waals surface area contributed by atoms with Crippen molar-refractivity contribution in [1.29, 1.82) is 5.26 Å². The molecule has 0 spiro atoms. The monoisotopic (exact) mass is 239 g/mol. The van der Waals surface area contributed by atoms with Gasteiger partial charge in [-0.05, 0) is 43.7 Å². The van der Waals surface area contributed by atoms with E-state index >= 15 is 0 Å². The maximum Gasteiger partial charge on any atom is 0.220 e. The van der Waals surface area contributed by atoms with E-state index in [0.717, 1.165) is 11.3 Å². The first kappa shape index (κ1) is 11.9. The Kier molecular flexibility index (Phi) is 3.16. The van der Waals surface area contributed by atoms with Crippen molar-refractivity contribution in [3.05, 3.63) is 47.2 Å². The molecule has 2 N–H and O–H groups in total. The number of aromatic nitrogens is 1. The van der Waals surface area contributed by atoms with Gasteiger partial charge in [-0.15, -0.1) is 0 Å². The molecule has 0 aliphatic rings. The fourth-order valence-corrected chi connectivity index (χ4v) is 1.65. The van der Waals surface area contributed by atoms with E-state index in [-0.39, 0.29) is 0 Å². The van der Waals surface area contributed by atoms with Gasteiger partial charge in [-0.25, -0.2) is 4.98 Å². The van der Waals surface area contributed by atoms with E-state index in [4.69, 9.17) is 15.7 Å². The quantitative estimate of drug-likeness (QED) is 0.818. The second kappa shape index (κ2) is 4.76. The Bertz CT molecular complexity index is 629. The van der Waals surface area contributed by atoms with E-state index in [1.165, 1.54) is 0 Å². The molecule has 2 aromatic rings. The molecule has 0 atom stereocenters. The van der Waals surface area contributed by atoms with Crippen molar-refractivity contribution in [2.75, 3.05) is 5.73 Å². The van der Waals surface area contributed by atoms with E-state index in [1.807, 2.05) is 19.9 Å². The lowest BCUT2D eigenvalue weighted by Gasteiger charge is -2.09. The molecule has 90 valence electrons. The van der Waals surface area contributed by atoms with Gasteiger partial charge < -0.3 is 10.5 Å².